The van der Waals surface area contributed by atoms with Crippen molar-refractivity contribution in [1.82, 2.24) is 15.1 Å². The molecule has 1 aromatic carbocycles. The summed E-state index contributed by atoms with van der Waals surface area (Å²) in [5.74, 6) is -0.0978. The normalized spacial score (nSPS) is 18.2. The summed E-state index contributed by atoms with van der Waals surface area (Å²) in [6.45, 7) is 2.55. The SMILES string of the molecule is Cc1[nH]nc(C(=O)N2CCCC2c2cccc(Br)c2)c1N. The Bertz CT molecular complexity index is 682. The van der Waals surface area contributed by atoms with Crippen molar-refractivity contribution in [3.8, 4) is 0 Å². The minimum atomic E-state index is -0.0978. The molecule has 1 aliphatic rings. The van der Waals surface area contributed by atoms with Crippen LogP contribution in [0.4, 0.5) is 5.69 Å². The molecule has 1 saturated heterocycles. The topological polar surface area (TPSA) is 75.0 Å². The number of hydrogen-bond donors (Lipinski definition) is 2. The molecule has 0 aliphatic carbocycles. The van der Waals surface area contributed by atoms with Crippen LogP contribution in [0.5, 0.6) is 0 Å². The van der Waals surface area contributed by atoms with Gasteiger partial charge in [0.1, 0.15) is 0 Å². The predicted octanol–water partition coefficient (Wildman–Crippen LogP) is 3.04. The number of hydrogen-bond acceptors (Lipinski definition) is 3. The van der Waals surface area contributed by atoms with E-state index in [1.165, 1.54) is 0 Å². The Hall–Kier alpha value is -1.82. The summed E-state index contributed by atoms with van der Waals surface area (Å²) in [6, 6.07) is 8.19. The molecule has 0 bridgehead atoms. The van der Waals surface area contributed by atoms with Crippen LogP contribution < -0.4 is 5.73 Å². The van der Waals surface area contributed by atoms with Gasteiger partial charge < -0.3 is 10.6 Å². The number of carbonyl (C=O) groups is 1. The zero-order valence-electron chi connectivity index (χ0n) is 11.8. The zero-order valence-corrected chi connectivity index (χ0v) is 13.4. The van der Waals surface area contributed by atoms with Crippen LogP contribution >= 0.6 is 15.9 Å². The molecule has 1 fully saturated rings. The third-order valence-corrected chi connectivity index (χ3v) is 4.44. The van der Waals surface area contributed by atoms with E-state index in [0.29, 0.717) is 11.4 Å². The number of aromatic nitrogens is 2. The molecule has 6 heteroatoms. The highest BCUT2D eigenvalue weighted by Gasteiger charge is 2.32. The fourth-order valence-electron chi connectivity index (χ4n) is 2.81. The molecule has 3 N–H and O–H groups in total. The van der Waals surface area contributed by atoms with Gasteiger partial charge in [-0.3, -0.25) is 9.89 Å². The lowest BCUT2D eigenvalue weighted by Crippen LogP contribution is -2.31. The molecule has 0 saturated carbocycles. The molecule has 2 heterocycles. The molecule has 1 atom stereocenters. The summed E-state index contributed by atoms with van der Waals surface area (Å²) in [4.78, 5) is 14.6. The molecular weight excluding hydrogens is 332 g/mol. The third kappa shape index (κ3) is 2.55. The van der Waals surface area contributed by atoms with Crippen molar-refractivity contribution in [3.63, 3.8) is 0 Å². The number of halogens is 1. The van der Waals surface area contributed by atoms with E-state index in [2.05, 4.69) is 38.3 Å². The summed E-state index contributed by atoms with van der Waals surface area (Å²) < 4.78 is 1.02. The van der Waals surface area contributed by atoms with Crippen molar-refractivity contribution in [1.29, 1.82) is 0 Å². The van der Waals surface area contributed by atoms with Crippen LogP contribution in [0.3, 0.4) is 0 Å². The maximum absolute atomic E-state index is 12.7. The lowest BCUT2D eigenvalue weighted by Gasteiger charge is -2.24. The number of nitrogens with one attached hydrogen (secondary N) is 1. The summed E-state index contributed by atoms with van der Waals surface area (Å²) in [7, 11) is 0. The van der Waals surface area contributed by atoms with E-state index in [-0.39, 0.29) is 11.9 Å². The Balaban J connectivity index is 1.90. The van der Waals surface area contributed by atoms with Crippen molar-refractivity contribution >= 4 is 27.5 Å². The van der Waals surface area contributed by atoms with Crippen molar-refractivity contribution in [3.05, 3.63) is 45.7 Å². The minimum Gasteiger partial charge on any atom is -0.395 e. The van der Waals surface area contributed by atoms with Gasteiger partial charge in [-0.05, 0) is 37.5 Å². The van der Waals surface area contributed by atoms with Crippen LogP contribution in [0.15, 0.2) is 28.7 Å². The predicted molar refractivity (Wildman–Crippen MR) is 84.9 cm³/mol. The summed E-state index contributed by atoms with van der Waals surface area (Å²) in [5.41, 5.74) is 8.58. The minimum absolute atomic E-state index is 0.0893. The molecule has 1 aromatic heterocycles. The maximum Gasteiger partial charge on any atom is 0.277 e. The number of H-pyrrole nitrogens is 1. The highest BCUT2D eigenvalue weighted by atomic mass is 79.9. The van der Waals surface area contributed by atoms with Gasteiger partial charge in [-0.2, -0.15) is 5.10 Å². The standard InChI is InChI=1S/C15H17BrN4O/c1-9-13(17)14(19-18-9)15(21)20-7-3-6-12(20)10-4-2-5-11(16)8-10/h2,4-5,8,12H,3,6-7,17H2,1H3,(H,18,19). The lowest BCUT2D eigenvalue weighted by molar-refractivity contribution is 0.0730. The fourth-order valence-corrected chi connectivity index (χ4v) is 3.22. The summed E-state index contributed by atoms with van der Waals surface area (Å²) >= 11 is 3.49. The maximum atomic E-state index is 12.7. The monoisotopic (exact) mass is 348 g/mol. The smallest absolute Gasteiger partial charge is 0.277 e. The summed E-state index contributed by atoms with van der Waals surface area (Å²) in [6.07, 6.45) is 1.96. The van der Waals surface area contributed by atoms with E-state index in [1.807, 2.05) is 24.0 Å². The molecule has 0 spiro atoms. The molecule has 5 nitrogen and oxygen atoms in total. The van der Waals surface area contributed by atoms with Gasteiger partial charge in [0, 0.05) is 11.0 Å². The highest BCUT2D eigenvalue weighted by Crippen LogP contribution is 2.34. The average molecular weight is 349 g/mol. The number of nitrogens with zero attached hydrogens (tertiary/aromatic N) is 2. The fraction of sp³-hybridized carbons (Fsp3) is 0.333. The Morgan fingerprint density at radius 2 is 2.33 bits per heavy atom. The van der Waals surface area contributed by atoms with Crippen molar-refractivity contribution < 1.29 is 4.79 Å². The molecule has 0 radical (unpaired) electrons. The highest BCUT2D eigenvalue weighted by molar-refractivity contribution is 9.10. The van der Waals surface area contributed by atoms with Gasteiger partial charge in [-0.1, -0.05) is 28.1 Å². The number of benzene rings is 1. The van der Waals surface area contributed by atoms with Gasteiger partial charge in [-0.25, -0.2) is 0 Å². The summed E-state index contributed by atoms with van der Waals surface area (Å²) in [5, 5.41) is 6.83. The Morgan fingerprint density at radius 1 is 1.52 bits per heavy atom. The van der Waals surface area contributed by atoms with Crippen molar-refractivity contribution in [2.75, 3.05) is 12.3 Å². The number of aromatic amines is 1. The lowest BCUT2D eigenvalue weighted by atomic mass is 10.0. The molecule has 1 aliphatic heterocycles. The first-order chi connectivity index (χ1) is 10.1. The van der Waals surface area contributed by atoms with Crippen LogP contribution in [-0.2, 0) is 0 Å². The van der Waals surface area contributed by atoms with Gasteiger partial charge in [0.25, 0.3) is 5.91 Å². The van der Waals surface area contributed by atoms with E-state index >= 15 is 0 Å². The van der Waals surface area contributed by atoms with Gasteiger partial charge in [0.15, 0.2) is 5.69 Å². The van der Waals surface area contributed by atoms with Crippen LogP contribution in [0.2, 0.25) is 0 Å². The second-order valence-corrected chi connectivity index (χ2v) is 6.24. The van der Waals surface area contributed by atoms with E-state index in [9.17, 15) is 4.79 Å². The third-order valence-electron chi connectivity index (χ3n) is 3.94. The van der Waals surface area contributed by atoms with E-state index in [4.69, 9.17) is 5.73 Å². The average Bonchev–Trinajstić information content (AvgIpc) is 3.07. The number of nitrogens with two attached hydrogens (primary N) is 1. The number of aryl methyl sites for hydroxylation is 1. The van der Waals surface area contributed by atoms with Gasteiger partial charge in [0.05, 0.1) is 17.4 Å². The largest absolute Gasteiger partial charge is 0.395 e. The molecule has 2 aromatic rings. The number of anilines is 1. The molecule has 110 valence electrons. The van der Waals surface area contributed by atoms with E-state index < -0.39 is 0 Å². The molecule has 21 heavy (non-hydrogen) atoms. The van der Waals surface area contributed by atoms with Crippen LogP contribution in [0.25, 0.3) is 0 Å². The second kappa shape index (κ2) is 5.52. The van der Waals surface area contributed by atoms with Crippen molar-refractivity contribution in [2.24, 2.45) is 0 Å². The first-order valence-electron chi connectivity index (χ1n) is 6.95. The first kappa shape index (κ1) is 14.1. The quantitative estimate of drug-likeness (QED) is 0.875. The Morgan fingerprint density at radius 3 is 3.00 bits per heavy atom. The number of rotatable bonds is 2. The second-order valence-electron chi connectivity index (χ2n) is 5.32. The van der Waals surface area contributed by atoms with Crippen molar-refractivity contribution in [2.45, 2.75) is 25.8 Å². The van der Waals surface area contributed by atoms with Crippen LogP contribution in [-0.4, -0.2) is 27.5 Å². The molecule has 1 amide bonds. The number of carbonyl (C=O) groups excluding carboxylic acids is 1. The van der Waals surface area contributed by atoms with E-state index in [0.717, 1.165) is 35.1 Å². The van der Waals surface area contributed by atoms with Gasteiger partial charge in [0.2, 0.25) is 0 Å². The van der Waals surface area contributed by atoms with Gasteiger partial charge in [-0.15, -0.1) is 0 Å². The molecular formula is C15H17BrN4O. The number of amides is 1. The zero-order chi connectivity index (χ0) is 15.0. The molecule has 3 rings (SSSR count). The van der Waals surface area contributed by atoms with Crippen LogP contribution in [0, 0.1) is 6.92 Å². The van der Waals surface area contributed by atoms with Gasteiger partial charge >= 0.3 is 0 Å². The number of likely N-dealkylation sites (tertiary alicyclic amines) is 1. The van der Waals surface area contributed by atoms with E-state index in [1.54, 1.807) is 0 Å². The first-order valence-corrected chi connectivity index (χ1v) is 7.74. The Labute approximate surface area is 131 Å². The Kier molecular flexibility index (Phi) is 3.71. The number of nitrogen functional groups attached to an aromatic ring is 1. The van der Waals surface area contributed by atoms with Crippen LogP contribution in [0.1, 0.15) is 40.6 Å². The molecule has 1 unspecified atom stereocenters.